The Labute approximate surface area is 58.4 Å². The van der Waals surface area contributed by atoms with Gasteiger partial charge in [0.25, 0.3) is 0 Å². The van der Waals surface area contributed by atoms with Gasteiger partial charge in [0, 0.05) is 6.42 Å². The van der Waals surface area contributed by atoms with E-state index in [2.05, 4.69) is 10.1 Å². The Hall–Kier alpha value is -0.640. The molecule has 0 spiro atoms. The Bertz CT molecular complexity index is 149. The molecule has 0 aromatic rings. The fourth-order valence-corrected chi connectivity index (χ4v) is 0.952. The molecular weight excluding hydrogens is 138 g/mol. The van der Waals surface area contributed by atoms with E-state index in [1.165, 1.54) is 7.11 Å². The van der Waals surface area contributed by atoms with Crippen LogP contribution in [0.4, 0.5) is 0 Å². The molecule has 0 radical (unpaired) electrons. The van der Waals surface area contributed by atoms with Crippen LogP contribution in [0.15, 0.2) is 0 Å². The van der Waals surface area contributed by atoms with Crippen LogP contribution in [0.1, 0.15) is 6.42 Å². The number of rotatable bonds is 1. The number of methoxy groups -OCH3 is 1. The van der Waals surface area contributed by atoms with Crippen LogP contribution in [0.2, 0.25) is 0 Å². The van der Waals surface area contributed by atoms with Crippen LogP contribution in [0.5, 0.6) is 0 Å². The van der Waals surface area contributed by atoms with E-state index in [0.29, 0.717) is 6.42 Å². The molecule has 1 saturated heterocycles. The average Bonchev–Trinajstić information content (AvgIpc) is 1.79. The van der Waals surface area contributed by atoms with E-state index >= 15 is 0 Å². The van der Waals surface area contributed by atoms with Gasteiger partial charge >= 0.3 is 5.97 Å². The molecule has 0 saturated carbocycles. The van der Waals surface area contributed by atoms with Gasteiger partial charge in [-0.2, -0.15) is 0 Å². The summed E-state index contributed by atoms with van der Waals surface area (Å²) >= 11 is 4.71. The highest BCUT2D eigenvalue weighted by molar-refractivity contribution is 7.80. The summed E-state index contributed by atoms with van der Waals surface area (Å²) in [7, 11) is 1.37. The zero-order valence-corrected chi connectivity index (χ0v) is 5.83. The summed E-state index contributed by atoms with van der Waals surface area (Å²) in [6.45, 7) is 0. The van der Waals surface area contributed by atoms with Gasteiger partial charge in [0.1, 0.15) is 6.04 Å². The highest BCUT2D eigenvalue weighted by Crippen LogP contribution is 2.06. The number of thiocarbonyl (C=S) groups is 1. The van der Waals surface area contributed by atoms with E-state index in [9.17, 15) is 4.79 Å². The molecule has 1 rings (SSSR count). The van der Waals surface area contributed by atoms with Crippen molar-refractivity contribution < 1.29 is 9.53 Å². The second-order valence-corrected chi connectivity index (χ2v) is 2.34. The lowest BCUT2D eigenvalue weighted by atomic mass is 10.1. The lowest BCUT2D eigenvalue weighted by Gasteiger charge is -2.26. The first-order valence-corrected chi connectivity index (χ1v) is 3.02. The SMILES string of the molecule is COC(=O)[C@@H]1CC(=S)N1. The van der Waals surface area contributed by atoms with Crippen LogP contribution in [-0.4, -0.2) is 24.1 Å². The molecule has 3 nitrogen and oxygen atoms in total. The second-order valence-electron chi connectivity index (χ2n) is 1.85. The van der Waals surface area contributed by atoms with Gasteiger partial charge in [-0.05, 0) is 0 Å². The van der Waals surface area contributed by atoms with Crippen molar-refractivity contribution >= 4 is 23.2 Å². The highest BCUT2D eigenvalue weighted by atomic mass is 32.1. The zero-order chi connectivity index (χ0) is 6.85. The smallest absolute Gasteiger partial charge is 0.328 e. The number of carbonyl (C=O) groups is 1. The molecular formula is C5H7NO2S. The number of esters is 1. The molecule has 9 heavy (non-hydrogen) atoms. The van der Waals surface area contributed by atoms with Gasteiger partial charge in [0.15, 0.2) is 0 Å². The maximum atomic E-state index is 10.6. The first kappa shape index (κ1) is 6.48. The van der Waals surface area contributed by atoms with Gasteiger partial charge in [-0.3, -0.25) is 0 Å². The molecule has 0 aromatic carbocycles. The molecule has 1 atom stereocenters. The molecule has 0 unspecified atom stereocenters. The van der Waals surface area contributed by atoms with Gasteiger partial charge in [0.2, 0.25) is 0 Å². The summed E-state index contributed by atoms with van der Waals surface area (Å²) in [5.41, 5.74) is 0. The first-order valence-electron chi connectivity index (χ1n) is 2.61. The van der Waals surface area contributed by atoms with Crippen molar-refractivity contribution in [2.24, 2.45) is 0 Å². The topological polar surface area (TPSA) is 38.3 Å². The number of hydrogen-bond donors (Lipinski definition) is 1. The minimum atomic E-state index is -0.233. The molecule has 4 heteroatoms. The average molecular weight is 145 g/mol. The van der Waals surface area contributed by atoms with Crippen LogP contribution in [0, 0.1) is 0 Å². The van der Waals surface area contributed by atoms with Crippen LogP contribution < -0.4 is 5.32 Å². The maximum absolute atomic E-state index is 10.6. The minimum absolute atomic E-state index is 0.178. The van der Waals surface area contributed by atoms with Crippen LogP contribution in [0.3, 0.4) is 0 Å². The quantitative estimate of drug-likeness (QED) is 0.411. The molecule has 0 bridgehead atoms. The number of nitrogens with one attached hydrogen (secondary N) is 1. The maximum Gasteiger partial charge on any atom is 0.328 e. The van der Waals surface area contributed by atoms with E-state index < -0.39 is 0 Å². The summed E-state index contributed by atoms with van der Waals surface area (Å²) in [4.78, 5) is 11.3. The monoisotopic (exact) mass is 145 g/mol. The Morgan fingerprint density at radius 3 is 2.89 bits per heavy atom. The summed E-state index contributed by atoms with van der Waals surface area (Å²) in [6, 6.07) is -0.178. The summed E-state index contributed by atoms with van der Waals surface area (Å²) in [6.07, 6.45) is 0.641. The van der Waals surface area contributed by atoms with Crippen molar-refractivity contribution in [1.29, 1.82) is 0 Å². The Morgan fingerprint density at radius 2 is 2.56 bits per heavy atom. The predicted octanol–water partition coefficient (Wildman–Crippen LogP) is -0.151. The van der Waals surface area contributed by atoms with E-state index in [-0.39, 0.29) is 12.0 Å². The molecule has 1 fully saturated rings. The highest BCUT2D eigenvalue weighted by Gasteiger charge is 2.29. The van der Waals surface area contributed by atoms with Gasteiger partial charge in [-0.1, -0.05) is 12.2 Å². The zero-order valence-electron chi connectivity index (χ0n) is 5.01. The van der Waals surface area contributed by atoms with E-state index in [4.69, 9.17) is 12.2 Å². The fourth-order valence-electron chi connectivity index (χ4n) is 0.643. The molecule has 1 aliphatic heterocycles. The molecule has 1 aliphatic rings. The summed E-state index contributed by atoms with van der Waals surface area (Å²) in [5.74, 6) is -0.233. The summed E-state index contributed by atoms with van der Waals surface area (Å²) in [5, 5.41) is 2.75. The largest absolute Gasteiger partial charge is 0.467 e. The standard InChI is InChI=1S/C5H7NO2S/c1-8-5(7)3-2-4(9)6-3/h3H,2H2,1H3,(H,6,9)/t3-/m0/s1. The Morgan fingerprint density at radius 1 is 2.00 bits per heavy atom. The first-order chi connectivity index (χ1) is 4.24. The van der Waals surface area contributed by atoms with Crippen LogP contribution >= 0.6 is 12.2 Å². The third-order valence-electron chi connectivity index (χ3n) is 1.21. The number of hydrogen-bond acceptors (Lipinski definition) is 3. The molecule has 0 aliphatic carbocycles. The minimum Gasteiger partial charge on any atom is -0.467 e. The van der Waals surface area contributed by atoms with Gasteiger partial charge in [0.05, 0.1) is 12.1 Å². The fraction of sp³-hybridized carbons (Fsp3) is 0.600. The van der Waals surface area contributed by atoms with Gasteiger partial charge in [-0.25, -0.2) is 4.79 Å². The van der Waals surface area contributed by atoms with E-state index in [1.807, 2.05) is 0 Å². The van der Waals surface area contributed by atoms with Crippen molar-refractivity contribution in [3.05, 3.63) is 0 Å². The Balaban J connectivity index is 2.31. The van der Waals surface area contributed by atoms with Crippen LogP contribution in [-0.2, 0) is 9.53 Å². The second kappa shape index (κ2) is 2.31. The molecule has 50 valence electrons. The van der Waals surface area contributed by atoms with Crippen molar-refractivity contribution in [2.45, 2.75) is 12.5 Å². The third kappa shape index (κ3) is 1.18. The number of carbonyl (C=O) groups excluding carboxylic acids is 1. The molecule has 1 N–H and O–H groups in total. The molecule has 0 aromatic heterocycles. The lowest BCUT2D eigenvalue weighted by molar-refractivity contribution is -0.143. The van der Waals surface area contributed by atoms with Crippen molar-refractivity contribution in [3.8, 4) is 0 Å². The van der Waals surface area contributed by atoms with Gasteiger partial charge in [-0.15, -0.1) is 0 Å². The van der Waals surface area contributed by atoms with E-state index in [1.54, 1.807) is 0 Å². The van der Waals surface area contributed by atoms with Crippen molar-refractivity contribution in [1.82, 2.24) is 5.32 Å². The van der Waals surface area contributed by atoms with Crippen LogP contribution in [0.25, 0.3) is 0 Å². The lowest BCUT2D eigenvalue weighted by Crippen LogP contribution is -2.52. The van der Waals surface area contributed by atoms with E-state index in [0.717, 1.165) is 4.99 Å². The van der Waals surface area contributed by atoms with Crippen molar-refractivity contribution in [3.63, 3.8) is 0 Å². The normalized spacial score (nSPS) is 24.1. The number of ether oxygens (including phenoxy) is 1. The summed E-state index contributed by atoms with van der Waals surface area (Å²) < 4.78 is 4.44. The van der Waals surface area contributed by atoms with Crippen molar-refractivity contribution in [2.75, 3.05) is 7.11 Å². The molecule has 0 amide bonds. The predicted molar refractivity (Wildman–Crippen MR) is 36.2 cm³/mol. The molecule has 1 heterocycles. The third-order valence-corrected chi connectivity index (χ3v) is 1.49. The van der Waals surface area contributed by atoms with Gasteiger partial charge < -0.3 is 10.1 Å². The Kier molecular flexibility index (Phi) is 1.66.